The molecule has 1 fully saturated rings. The topological polar surface area (TPSA) is 64.4 Å². The van der Waals surface area contributed by atoms with Crippen LogP contribution in [0, 0.1) is 12.7 Å². The second kappa shape index (κ2) is 7.66. The first kappa shape index (κ1) is 17.4. The van der Waals surface area contributed by atoms with Gasteiger partial charge >= 0.3 is 0 Å². The number of amides is 1. The monoisotopic (exact) mass is 342 g/mol. The summed E-state index contributed by atoms with van der Waals surface area (Å²) in [5.74, 6) is -0.631. The van der Waals surface area contributed by atoms with E-state index >= 15 is 0 Å². The predicted octanol–water partition coefficient (Wildman–Crippen LogP) is 4.09. The molecule has 3 N–H and O–H groups in total. The van der Waals surface area contributed by atoms with E-state index in [-0.39, 0.29) is 17.8 Å². The Balaban J connectivity index is 1.64. The number of halogens is 1. The maximum absolute atomic E-state index is 14.2. The maximum Gasteiger partial charge on any atom is 0.245 e. The number of hydrogen-bond acceptors (Lipinski definition) is 3. The van der Waals surface area contributed by atoms with E-state index in [0.29, 0.717) is 11.3 Å². The molecule has 25 heavy (non-hydrogen) atoms. The molecule has 1 saturated carbocycles. The minimum absolute atomic E-state index is 0.0879. The molecule has 1 aliphatic carbocycles. The Morgan fingerprint density at radius 2 is 1.88 bits per heavy atom. The molecule has 2 aromatic carbocycles. The number of ether oxygens (including phenoxy) is 1. The lowest BCUT2D eigenvalue weighted by molar-refractivity contribution is -0.117. The fraction of sp³-hybridized carbons (Fsp3) is 0.350. The van der Waals surface area contributed by atoms with Crippen molar-refractivity contribution in [1.82, 2.24) is 0 Å². The molecular weight excluding hydrogens is 319 g/mol. The van der Waals surface area contributed by atoms with E-state index in [9.17, 15) is 9.18 Å². The number of carbonyl (C=O) groups is 1. The van der Waals surface area contributed by atoms with E-state index in [1.165, 1.54) is 6.07 Å². The largest absolute Gasteiger partial charge is 0.487 e. The van der Waals surface area contributed by atoms with Crippen LogP contribution in [0.5, 0.6) is 5.75 Å². The Kier molecular flexibility index (Phi) is 5.34. The van der Waals surface area contributed by atoms with Crippen molar-refractivity contribution in [3.63, 3.8) is 0 Å². The summed E-state index contributed by atoms with van der Waals surface area (Å²) in [6, 6.07) is 11.1. The summed E-state index contributed by atoms with van der Waals surface area (Å²) in [7, 11) is 0. The third-order valence-corrected chi connectivity index (χ3v) is 4.51. The average molecular weight is 342 g/mol. The average Bonchev–Trinajstić information content (AvgIpc) is 3.10. The molecule has 3 rings (SSSR count). The van der Waals surface area contributed by atoms with Crippen LogP contribution >= 0.6 is 0 Å². The van der Waals surface area contributed by atoms with Crippen molar-refractivity contribution < 1.29 is 13.9 Å². The number of nitrogens with one attached hydrogen (secondary N) is 1. The fourth-order valence-corrected chi connectivity index (χ4v) is 3.01. The van der Waals surface area contributed by atoms with Gasteiger partial charge in [0.15, 0.2) is 11.6 Å². The third-order valence-electron chi connectivity index (χ3n) is 4.51. The zero-order valence-corrected chi connectivity index (χ0v) is 14.3. The first-order valence-corrected chi connectivity index (χ1v) is 8.62. The molecule has 132 valence electrons. The van der Waals surface area contributed by atoms with Crippen LogP contribution in [0.1, 0.15) is 42.9 Å². The number of carbonyl (C=O) groups excluding carboxylic acids is 1. The molecule has 4 nitrogen and oxygen atoms in total. The zero-order chi connectivity index (χ0) is 17.8. The van der Waals surface area contributed by atoms with Crippen LogP contribution in [0.4, 0.5) is 10.1 Å². The SMILES string of the molecule is Cc1ccc(C(N)C(=O)Nc2ccc(OC3CCCC3)c(F)c2)cc1. The highest BCUT2D eigenvalue weighted by molar-refractivity contribution is 5.95. The Labute approximate surface area is 147 Å². The molecule has 0 aliphatic heterocycles. The van der Waals surface area contributed by atoms with Gasteiger partial charge in [0.1, 0.15) is 6.04 Å². The Morgan fingerprint density at radius 3 is 2.52 bits per heavy atom. The molecule has 0 radical (unpaired) electrons. The molecule has 1 aliphatic rings. The highest BCUT2D eigenvalue weighted by Crippen LogP contribution is 2.28. The van der Waals surface area contributed by atoms with Crippen LogP contribution in [0.15, 0.2) is 42.5 Å². The minimum atomic E-state index is -0.807. The van der Waals surface area contributed by atoms with Crippen molar-refractivity contribution in [3.8, 4) is 5.75 Å². The van der Waals surface area contributed by atoms with E-state index in [4.69, 9.17) is 10.5 Å². The number of nitrogens with two attached hydrogens (primary N) is 1. The second-order valence-corrected chi connectivity index (χ2v) is 6.55. The number of anilines is 1. The van der Waals surface area contributed by atoms with Crippen LogP contribution in [0.25, 0.3) is 0 Å². The molecule has 1 unspecified atom stereocenters. The summed E-state index contributed by atoms with van der Waals surface area (Å²) in [6.07, 6.45) is 4.26. The normalized spacial score (nSPS) is 15.8. The standard InChI is InChI=1S/C20H23FN2O2/c1-13-6-8-14(9-7-13)19(22)20(24)23-15-10-11-18(17(21)12-15)25-16-4-2-3-5-16/h6-12,16,19H,2-5,22H2,1H3,(H,23,24). The van der Waals surface area contributed by atoms with Crippen molar-refractivity contribution in [3.05, 3.63) is 59.4 Å². The lowest BCUT2D eigenvalue weighted by Gasteiger charge is -2.16. The van der Waals surface area contributed by atoms with Crippen LogP contribution in [-0.4, -0.2) is 12.0 Å². The third kappa shape index (κ3) is 4.37. The van der Waals surface area contributed by atoms with Crippen molar-refractivity contribution >= 4 is 11.6 Å². The quantitative estimate of drug-likeness (QED) is 0.860. The Hall–Kier alpha value is -2.40. The molecule has 0 heterocycles. The van der Waals surface area contributed by atoms with E-state index in [1.54, 1.807) is 12.1 Å². The summed E-state index contributed by atoms with van der Waals surface area (Å²) in [6.45, 7) is 1.97. The van der Waals surface area contributed by atoms with Gasteiger partial charge in [-0.3, -0.25) is 4.79 Å². The van der Waals surface area contributed by atoms with Gasteiger partial charge < -0.3 is 15.8 Å². The van der Waals surface area contributed by atoms with Crippen molar-refractivity contribution in [1.29, 1.82) is 0 Å². The number of hydrogen-bond donors (Lipinski definition) is 2. The van der Waals surface area contributed by atoms with Gasteiger partial charge in [-0.25, -0.2) is 4.39 Å². The van der Waals surface area contributed by atoms with Gasteiger partial charge in [-0.1, -0.05) is 29.8 Å². The highest BCUT2D eigenvalue weighted by Gasteiger charge is 2.19. The minimum Gasteiger partial charge on any atom is -0.487 e. The molecule has 5 heteroatoms. The Morgan fingerprint density at radius 1 is 1.20 bits per heavy atom. The molecule has 1 atom stereocenters. The van der Waals surface area contributed by atoms with Crippen LogP contribution in [0.3, 0.4) is 0 Å². The van der Waals surface area contributed by atoms with Gasteiger partial charge in [-0.15, -0.1) is 0 Å². The maximum atomic E-state index is 14.2. The molecule has 2 aromatic rings. The number of benzene rings is 2. The fourth-order valence-electron chi connectivity index (χ4n) is 3.01. The van der Waals surface area contributed by atoms with Crippen LogP contribution < -0.4 is 15.8 Å². The van der Waals surface area contributed by atoms with Gasteiger partial charge in [0, 0.05) is 11.8 Å². The van der Waals surface area contributed by atoms with Crippen molar-refractivity contribution in [2.45, 2.75) is 44.8 Å². The molecule has 0 spiro atoms. The first-order chi connectivity index (χ1) is 12.0. The van der Waals surface area contributed by atoms with Crippen molar-refractivity contribution in [2.75, 3.05) is 5.32 Å². The summed E-state index contributed by atoms with van der Waals surface area (Å²) < 4.78 is 19.9. The van der Waals surface area contributed by atoms with E-state index < -0.39 is 11.9 Å². The van der Waals surface area contributed by atoms with Gasteiger partial charge in [0.05, 0.1) is 6.10 Å². The van der Waals surface area contributed by atoms with Crippen molar-refractivity contribution in [2.24, 2.45) is 5.73 Å². The van der Waals surface area contributed by atoms with Gasteiger partial charge in [0.2, 0.25) is 5.91 Å². The molecule has 0 bridgehead atoms. The summed E-state index contributed by atoms with van der Waals surface area (Å²) in [5, 5.41) is 2.66. The summed E-state index contributed by atoms with van der Waals surface area (Å²) >= 11 is 0. The summed E-state index contributed by atoms with van der Waals surface area (Å²) in [4.78, 5) is 12.3. The Bertz CT molecular complexity index is 740. The molecular formula is C20H23FN2O2. The first-order valence-electron chi connectivity index (χ1n) is 8.62. The van der Waals surface area contributed by atoms with Gasteiger partial charge in [0.25, 0.3) is 0 Å². The van der Waals surface area contributed by atoms with Crippen LogP contribution in [-0.2, 0) is 4.79 Å². The zero-order valence-electron chi connectivity index (χ0n) is 14.3. The molecule has 0 saturated heterocycles. The number of rotatable bonds is 5. The predicted molar refractivity (Wildman–Crippen MR) is 96.0 cm³/mol. The van der Waals surface area contributed by atoms with E-state index in [1.807, 2.05) is 31.2 Å². The summed E-state index contributed by atoms with van der Waals surface area (Å²) in [5.41, 5.74) is 8.15. The smallest absolute Gasteiger partial charge is 0.245 e. The van der Waals surface area contributed by atoms with Gasteiger partial charge in [-0.05, 0) is 50.3 Å². The number of aryl methyl sites for hydroxylation is 1. The molecule has 1 amide bonds. The lowest BCUT2D eigenvalue weighted by Crippen LogP contribution is -2.27. The van der Waals surface area contributed by atoms with E-state index in [0.717, 1.165) is 31.2 Å². The second-order valence-electron chi connectivity index (χ2n) is 6.55. The van der Waals surface area contributed by atoms with Gasteiger partial charge in [-0.2, -0.15) is 0 Å². The van der Waals surface area contributed by atoms with Crippen LogP contribution in [0.2, 0.25) is 0 Å². The lowest BCUT2D eigenvalue weighted by atomic mass is 10.1. The highest BCUT2D eigenvalue weighted by atomic mass is 19.1. The van der Waals surface area contributed by atoms with E-state index in [2.05, 4.69) is 5.32 Å². The molecule has 0 aromatic heterocycles.